The number of hydrogen-bond donors (Lipinski definition) is 2. The first-order valence-corrected chi connectivity index (χ1v) is 5.37. The third-order valence-corrected chi connectivity index (χ3v) is 2.85. The van der Waals surface area contributed by atoms with Gasteiger partial charge in [0.1, 0.15) is 4.90 Å². The van der Waals surface area contributed by atoms with Gasteiger partial charge in [0.2, 0.25) is 0 Å². The van der Waals surface area contributed by atoms with Crippen molar-refractivity contribution in [1.82, 2.24) is 0 Å². The van der Waals surface area contributed by atoms with Crippen molar-refractivity contribution in [3.8, 4) is 0 Å². The van der Waals surface area contributed by atoms with E-state index in [4.69, 9.17) is 11.5 Å². The summed E-state index contributed by atoms with van der Waals surface area (Å²) in [7, 11) is -4.51. The van der Waals surface area contributed by atoms with Gasteiger partial charge in [-0.3, -0.25) is 0 Å². The summed E-state index contributed by atoms with van der Waals surface area (Å²) in [4.78, 5) is 13.4. The maximum atomic E-state index is 11.1. The number of nitrogens with zero attached hydrogens (tertiary/aromatic N) is 2. The van der Waals surface area contributed by atoms with Crippen LogP contribution in [-0.4, -0.2) is 18.7 Å². The molecule has 1 aromatic carbocycles. The molecule has 0 heterocycles. The van der Waals surface area contributed by atoms with Gasteiger partial charge in [0.25, 0.3) is 0 Å². The summed E-state index contributed by atoms with van der Waals surface area (Å²) >= 11 is 0. The molecular weight excluding hydrogens is 236 g/mol. The van der Waals surface area contributed by atoms with Crippen LogP contribution in [0.4, 0.5) is 5.69 Å². The molecule has 0 aliphatic rings. The summed E-state index contributed by atoms with van der Waals surface area (Å²) in [5, 5.41) is 10.2. The van der Waals surface area contributed by atoms with Gasteiger partial charge in [-0.2, -0.15) is 8.42 Å². The van der Waals surface area contributed by atoms with Gasteiger partial charge in [-0.15, -0.1) is 0 Å². The number of rotatable bonds is 3. The Labute approximate surface area is 90.8 Å². The Morgan fingerprint density at radius 1 is 1.25 bits per heavy atom. The van der Waals surface area contributed by atoms with Gasteiger partial charge in [-0.05, 0) is 24.3 Å². The van der Waals surface area contributed by atoms with E-state index < -0.39 is 19.2 Å². The highest BCUT2D eigenvalue weighted by Crippen LogP contribution is 2.17. The van der Waals surface area contributed by atoms with Crippen molar-refractivity contribution >= 4 is 21.7 Å². The highest BCUT2D eigenvalue weighted by atomic mass is 32.2. The molecule has 0 aliphatic heterocycles. The molecule has 0 aromatic heterocycles. The molecule has 0 saturated heterocycles. The largest absolute Gasteiger partial charge is 0.448 e. The minimum absolute atomic E-state index is 0.190. The van der Waals surface area contributed by atoms with E-state index >= 15 is 0 Å². The van der Waals surface area contributed by atoms with Gasteiger partial charge in [0.05, 0.1) is 5.69 Å². The molecule has 0 unspecified atom stereocenters. The van der Waals surface area contributed by atoms with Crippen molar-refractivity contribution in [2.75, 3.05) is 0 Å². The lowest BCUT2D eigenvalue weighted by Crippen LogP contribution is -2.21. The second-order valence-electron chi connectivity index (χ2n) is 2.73. The zero-order valence-electron chi connectivity index (χ0n) is 7.90. The molecule has 0 radical (unpaired) electrons. The van der Waals surface area contributed by atoms with Gasteiger partial charge in [0, 0.05) is 0 Å². The summed E-state index contributed by atoms with van der Waals surface area (Å²) in [5.74, 6) is -0.190. The van der Waals surface area contributed by atoms with Crippen LogP contribution in [0.1, 0.15) is 0 Å². The number of nitro groups is 1. The van der Waals surface area contributed by atoms with Crippen molar-refractivity contribution < 1.29 is 12.7 Å². The molecule has 86 valence electrons. The van der Waals surface area contributed by atoms with Crippen LogP contribution in [0.15, 0.2) is 34.2 Å². The van der Waals surface area contributed by atoms with E-state index in [1.54, 1.807) is 0 Å². The molecule has 0 aliphatic carbocycles. The van der Waals surface area contributed by atoms with Crippen LogP contribution in [0, 0.1) is 10.1 Å². The minimum Gasteiger partial charge on any atom is -0.370 e. The van der Waals surface area contributed by atoms with Gasteiger partial charge < -0.3 is 11.5 Å². The Bertz CT molecular complexity index is 530. The average Bonchev–Trinajstić information content (AvgIpc) is 2.17. The summed E-state index contributed by atoms with van der Waals surface area (Å²) in [5.41, 5.74) is 10.5. The van der Waals surface area contributed by atoms with Crippen molar-refractivity contribution in [3.05, 3.63) is 34.4 Å². The van der Waals surface area contributed by atoms with Crippen LogP contribution in [0.2, 0.25) is 0 Å². The Morgan fingerprint density at radius 2 is 1.75 bits per heavy atom. The number of sulfonamides is 1. The SMILES string of the molecule is NC(N)=Nc1ccc(S(=O)(=O)[N+](=O)[O-])cc1. The van der Waals surface area contributed by atoms with Gasteiger partial charge in [-0.1, -0.05) is 0 Å². The van der Waals surface area contributed by atoms with E-state index in [1.165, 1.54) is 12.1 Å². The molecule has 4 N–H and O–H groups in total. The van der Waals surface area contributed by atoms with E-state index in [9.17, 15) is 18.5 Å². The lowest BCUT2D eigenvalue weighted by Gasteiger charge is -1.97. The Morgan fingerprint density at radius 3 is 2.12 bits per heavy atom. The number of benzene rings is 1. The van der Waals surface area contributed by atoms with Gasteiger partial charge in [-0.25, -0.2) is 15.1 Å². The molecule has 0 amide bonds. The van der Waals surface area contributed by atoms with Gasteiger partial charge in [0.15, 0.2) is 10.3 Å². The van der Waals surface area contributed by atoms with Crippen LogP contribution in [-0.2, 0) is 10.0 Å². The van der Waals surface area contributed by atoms with Crippen LogP contribution >= 0.6 is 0 Å². The molecule has 0 atom stereocenters. The highest BCUT2D eigenvalue weighted by molar-refractivity contribution is 7.85. The standard InChI is InChI=1S/C7H8N4O4S/c8-7(9)10-5-1-3-6(4-2-5)16(14,15)11(12)13/h1-4H,(H4,8,9,10). The first-order chi connectivity index (χ1) is 7.34. The quantitative estimate of drug-likeness (QED) is 0.319. The molecule has 0 bridgehead atoms. The second-order valence-corrected chi connectivity index (χ2v) is 4.45. The van der Waals surface area contributed by atoms with E-state index in [0.29, 0.717) is 5.69 Å². The van der Waals surface area contributed by atoms with Crippen LogP contribution in [0.25, 0.3) is 0 Å². The molecule has 0 saturated carbocycles. The first-order valence-electron chi connectivity index (χ1n) is 3.93. The van der Waals surface area contributed by atoms with Crippen LogP contribution in [0.5, 0.6) is 0 Å². The fourth-order valence-electron chi connectivity index (χ4n) is 0.928. The number of guanidine groups is 1. The van der Waals surface area contributed by atoms with Gasteiger partial charge >= 0.3 is 10.0 Å². The zero-order valence-corrected chi connectivity index (χ0v) is 8.72. The normalized spacial score (nSPS) is 10.8. The highest BCUT2D eigenvalue weighted by Gasteiger charge is 2.26. The minimum atomic E-state index is -4.51. The van der Waals surface area contributed by atoms with E-state index in [1.807, 2.05) is 0 Å². The smallest absolute Gasteiger partial charge is 0.370 e. The monoisotopic (exact) mass is 244 g/mol. The summed E-state index contributed by atoms with van der Waals surface area (Å²) in [6.07, 6.45) is 0. The van der Waals surface area contributed by atoms with Crippen molar-refractivity contribution in [2.45, 2.75) is 4.90 Å². The molecule has 0 spiro atoms. The lowest BCUT2D eigenvalue weighted by atomic mass is 10.3. The molecule has 1 rings (SSSR count). The molecular formula is C7H8N4O4S. The molecule has 0 fully saturated rings. The third kappa shape index (κ3) is 2.45. The van der Waals surface area contributed by atoms with E-state index in [2.05, 4.69) is 4.99 Å². The number of hydrogen-bond acceptors (Lipinski definition) is 5. The van der Waals surface area contributed by atoms with Crippen molar-refractivity contribution in [2.24, 2.45) is 16.5 Å². The molecule has 8 nitrogen and oxygen atoms in total. The van der Waals surface area contributed by atoms with Crippen molar-refractivity contribution in [3.63, 3.8) is 0 Å². The summed E-state index contributed by atoms with van der Waals surface area (Å²) in [6.45, 7) is 0. The van der Waals surface area contributed by atoms with Crippen LogP contribution in [0.3, 0.4) is 0 Å². The molecule has 9 heteroatoms. The predicted octanol–water partition coefficient (Wildman–Crippen LogP) is -0.443. The topological polar surface area (TPSA) is 142 Å². The average molecular weight is 244 g/mol. The lowest BCUT2D eigenvalue weighted by molar-refractivity contribution is -0.305. The number of aliphatic imine (C=N–C) groups is 1. The molecule has 1 aromatic rings. The first kappa shape index (κ1) is 11.9. The maximum absolute atomic E-state index is 11.1. The summed E-state index contributed by atoms with van der Waals surface area (Å²) in [6, 6.07) is 4.63. The van der Waals surface area contributed by atoms with E-state index in [-0.39, 0.29) is 5.96 Å². The third-order valence-electron chi connectivity index (χ3n) is 1.59. The van der Waals surface area contributed by atoms with E-state index in [0.717, 1.165) is 12.1 Å². The zero-order chi connectivity index (χ0) is 12.3. The molecule has 16 heavy (non-hydrogen) atoms. The predicted molar refractivity (Wildman–Crippen MR) is 56.1 cm³/mol. The Balaban J connectivity index is 3.15. The van der Waals surface area contributed by atoms with Crippen LogP contribution < -0.4 is 11.5 Å². The fourth-order valence-corrected chi connectivity index (χ4v) is 1.58. The number of nitrogens with two attached hydrogens (primary N) is 2. The summed E-state index contributed by atoms with van der Waals surface area (Å²) < 4.78 is 20.8. The van der Waals surface area contributed by atoms with Crippen molar-refractivity contribution in [1.29, 1.82) is 0 Å². The Kier molecular flexibility index (Phi) is 3.09. The fraction of sp³-hybridized carbons (Fsp3) is 0. The maximum Gasteiger partial charge on any atom is 0.448 e. The second kappa shape index (κ2) is 4.14. The Hall–Kier alpha value is -2.16.